The van der Waals surface area contributed by atoms with E-state index in [-0.39, 0.29) is 9.80 Å². The largest absolute Gasteiger partial charge is 0.438 e. The number of rotatable bonds is 5. The lowest BCUT2D eigenvalue weighted by Gasteiger charge is -2.21. The van der Waals surface area contributed by atoms with Gasteiger partial charge in [-0.05, 0) is 36.2 Å². The molecule has 0 saturated heterocycles. The maximum atomic E-state index is 13.3. The molecule has 3 aromatic rings. The highest BCUT2D eigenvalue weighted by Gasteiger charge is 2.34. The number of hydrogen-bond donors (Lipinski definition) is 0. The maximum Gasteiger partial charge on any atom is 0.216 e. The highest BCUT2D eigenvalue weighted by atomic mass is 32.2. The molecule has 0 saturated carbocycles. The van der Waals surface area contributed by atoms with Gasteiger partial charge in [0.2, 0.25) is 15.7 Å². The van der Waals surface area contributed by atoms with Gasteiger partial charge in [0.15, 0.2) is 5.75 Å². The molecule has 0 N–H and O–H groups in total. The second-order valence-electron chi connectivity index (χ2n) is 6.54. The third-order valence-electron chi connectivity index (χ3n) is 4.73. The van der Waals surface area contributed by atoms with Crippen LogP contribution < -0.4 is 9.64 Å². The molecule has 0 amide bonds. The van der Waals surface area contributed by atoms with Crippen molar-refractivity contribution >= 4 is 15.5 Å². The number of allylic oxidation sites excluding steroid dienone is 1. The van der Waals surface area contributed by atoms with Crippen molar-refractivity contribution in [3.63, 3.8) is 0 Å². The Hall–Kier alpha value is -3.05. The van der Waals surface area contributed by atoms with Gasteiger partial charge in [-0.1, -0.05) is 67.6 Å². The van der Waals surface area contributed by atoms with E-state index in [1.165, 1.54) is 0 Å². The van der Waals surface area contributed by atoms with E-state index in [0.717, 1.165) is 11.3 Å². The van der Waals surface area contributed by atoms with Crippen molar-refractivity contribution in [2.75, 3.05) is 4.90 Å². The van der Waals surface area contributed by atoms with E-state index in [2.05, 4.69) is 0 Å². The molecule has 0 aliphatic carbocycles. The zero-order chi connectivity index (χ0) is 19.6. The van der Waals surface area contributed by atoms with Crippen molar-refractivity contribution in [3.8, 4) is 5.75 Å². The Balaban J connectivity index is 1.85. The highest BCUT2D eigenvalue weighted by Crippen LogP contribution is 2.42. The SMILES string of the molecule is CC/C(=C1/Oc2ccccc2N1Cc1ccccc1)S(=O)(=O)c1ccccc1. The van der Waals surface area contributed by atoms with Crippen LogP contribution in [0.15, 0.2) is 101 Å². The molecule has 0 bridgehead atoms. The lowest BCUT2D eigenvalue weighted by atomic mass is 10.2. The predicted octanol–water partition coefficient (Wildman–Crippen LogP) is 5.14. The molecule has 1 aliphatic heterocycles. The molecule has 3 aromatic carbocycles. The number of anilines is 1. The Morgan fingerprint density at radius 2 is 1.46 bits per heavy atom. The van der Waals surface area contributed by atoms with Crippen LogP contribution in [0.3, 0.4) is 0 Å². The smallest absolute Gasteiger partial charge is 0.216 e. The molecule has 0 radical (unpaired) electrons. The Bertz CT molecular complexity index is 1110. The van der Waals surface area contributed by atoms with E-state index < -0.39 is 9.84 Å². The molecule has 1 heterocycles. The third-order valence-corrected chi connectivity index (χ3v) is 6.73. The van der Waals surface area contributed by atoms with Crippen molar-refractivity contribution in [2.45, 2.75) is 24.8 Å². The van der Waals surface area contributed by atoms with Crippen LogP contribution in [0.25, 0.3) is 0 Å². The molecule has 0 fully saturated rings. The minimum Gasteiger partial charge on any atom is -0.438 e. The maximum absolute atomic E-state index is 13.3. The molecule has 4 rings (SSSR count). The van der Waals surface area contributed by atoms with Crippen LogP contribution in [0.5, 0.6) is 5.75 Å². The number of hydrogen-bond acceptors (Lipinski definition) is 4. The van der Waals surface area contributed by atoms with Crippen LogP contribution >= 0.6 is 0 Å². The first kappa shape index (κ1) is 18.3. The average molecular weight is 391 g/mol. The number of ether oxygens (including phenoxy) is 1. The van der Waals surface area contributed by atoms with Crippen molar-refractivity contribution in [3.05, 3.63) is 101 Å². The normalized spacial score (nSPS) is 15.1. The molecule has 4 nitrogen and oxygen atoms in total. The van der Waals surface area contributed by atoms with E-state index in [9.17, 15) is 8.42 Å². The quantitative estimate of drug-likeness (QED) is 0.604. The van der Waals surface area contributed by atoms with Gasteiger partial charge in [0.05, 0.1) is 17.1 Å². The summed E-state index contributed by atoms with van der Waals surface area (Å²) in [6.45, 7) is 2.37. The topological polar surface area (TPSA) is 46.6 Å². The number of benzene rings is 3. The van der Waals surface area contributed by atoms with Gasteiger partial charge in [0.1, 0.15) is 4.91 Å². The summed E-state index contributed by atoms with van der Waals surface area (Å²) in [4.78, 5) is 2.51. The Morgan fingerprint density at radius 1 is 0.857 bits per heavy atom. The minimum atomic E-state index is -3.66. The molecule has 28 heavy (non-hydrogen) atoms. The summed E-state index contributed by atoms with van der Waals surface area (Å²) in [7, 11) is -3.66. The minimum absolute atomic E-state index is 0.276. The van der Waals surface area contributed by atoms with Gasteiger partial charge in [-0.25, -0.2) is 8.42 Å². The fraction of sp³-hybridized carbons (Fsp3) is 0.130. The van der Waals surface area contributed by atoms with E-state index >= 15 is 0 Å². The zero-order valence-corrected chi connectivity index (χ0v) is 16.4. The summed E-state index contributed by atoms with van der Waals surface area (Å²) in [6, 6.07) is 26.1. The van der Waals surface area contributed by atoms with Crippen LogP contribution in [0.1, 0.15) is 18.9 Å². The van der Waals surface area contributed by atoms with Gasteiger partial charge in [-0.15, -0.1) is 0 Å². The lowest BCUT2D eigenvalue weighted by molar-refractivity contribution is 0.431. The highest BCUT2D eigenvalue weighted by molar-refractivity contribution is 7.95. The van der Waals surface area contributed by atoms with Crippen molar-refractivity contribution in [1.29, 1.82) is 0 Å². The lowest BCUT2D eigenvalue weighted by Crippen LogP contribution is -2.24. The predicted molar refractivity (Wildman–Crippen MR) is 111 cm³/mol. The second kappa shape index (κ2) is 7.52. The first-order valence-corrected chi connectivity index (χ1v) is 10.7. The van der Waals surface area contributed by atoms with Crippen molar-refractivity contribution in [2.24, 2.45) is 0 Å². The summed E-state index contributed by atoms with van der Waals surface area (Å²) >= 11 is 0. The molecule has 0 atom stereocenters. The first-order valence-electron chi connectivity index (χ1n) is 9.23. The van der Waals surface area contributed by atoms with Gasteiger partial charge >= 0.3 is 0 Å². The summed E-state index contributed by atoms with van der Waals surface area (Å²) < 4.78 is 32.7. The van der Waals surface area contributed by atoms with Gasteiger partial charge in [0.25, 0.3) is 0 Å². The second-order valence-corrected chi connectivity index (χ2v) is 8.51. The molecule has 142 valence electrons. The molecule has 0 unspecified atom stereocenters. The Labute approximate surface area is 165 Å². The van der Waals surface area contributed by atoms with E-state index in [1.54, 1.807) is 30.3 Å². The van der Waals surface area contributed by atoms with Crippen molar-refractivity contribution in [1.82, 2.24) is 0 Å². The van der Waals surface area contributed by atoms with E-state index in [0.29, 0.717) is 24.6 Å². The fourth-order valence-corrected chi connectivity index (χ4v) is 4.93. The third kappa shape index (κ3) is 3.29. The number of fused-ring (bicyclic) bond motifs is 1. The standard InChI is InChI=1S/C23H21NO3S/c1-2-22(28(25,26)19-13-7-4-8-14-19)23-24(17-18-11-5-3-6-12-18)20-15-9-10-16-21(20)27-23/h3-16H,2,17H2,1H3/b23-22-. The number of para-hydroxylation sites is 2. The van der Waals surface area contributed by atoms with Crippen LogP contribution in [-0.4, -0.2) is 8.42 Å². The van der Waals surface area contributed by atoms with Crippen LogP contribution in [-0.2, 0) is 16.4 Å². The summed E-state index contributed by atoms with van der Waals surface area (Å²) in [6.07, 6.45) is 0.339. The molecule has 1 aliphatic rings. The van der Waals surface area contributed by atoms with E-state index in [1.807, 2.05) is 66.4 Å². The Morgan fingerprint density at radius 3 is 2.14 bits per heavy atom. The van der Waals surface area contributed by atoms with Gasteiger partial charge in [-0.2, -0.15) is 0 Å². The molecule has 0 aromatic heterocycles. The number of sulfone groups is 1. The van der Waals surface area contributed by atoms with E-state index in [4.69, 9.17) is 4.74 Å². The molecular weight excluding hydrogens is 370 g/mol. The summed E-state index contributed by atoms with van der Waals surface area (Å²) in [5.41, 5.74) is 1.95. The van der Waals surface area contributed by atoms with Crippen LogP contribution in [0.2, 0.25) is 0 Å². The molecule has 0 spiro atoms. The van der Waals surface area contributed by atoms with Gasteiger partial charge in [-0.3, -0.25) is 0 Å². The zero-order valence-electron chi connectivity index (χ0n) is 15.6. The summed E-state index contributed by atoms with van der Waals surface area (Å²) in [5.74, 6) is 1.05. The van der Waals surface area contributed by atoms with Gasteiger partial charge in [0, 0.05) is 0 Å². The fourth-order valence-electron chi connectivity index (χ4n) is 3.36. The van der Waals surface area contributed by atoms with Crippen LogP contribution in [0, 0.1) is 0 Å². The van der Waals surface area contributed by atoms with Gasteiger partial charge < -0.3 is 9.64 Å². The average Bonchev–Trinajstić information content (AvgIpc) is 3.08. The summed E-state index contributed by atoms with van der Waals surface area (Å²) in [5, 5.41) is 0. The molecule has 5 heteroatoms. The monoisotopic (exact) mass is 391 g/mol. The van der Waals surface area contributed by atoms with Crippen molar-refractivity contribution < 1.29 is 13.2 Å². The molecular formula is C23H21NO3S. The Kier molecular flexibility index (Phi) is 4.92. The first-order chi connectivity index (χ1) is 13.6. The number of nitrogens with zero attached hydrogens (tertiary/aromatic N) is 1. The van der Waals surface area contributed by atoms with Crippen LogP contribution in [0.4, 0.5) is 5.69 Å².